The summed E-state index contributed by atoms with van der Waals surface area (Å²) in [5, 5.41) is 0. The molecule has 2 rings (SSSR count). The van der Waals surface area contributed by atoms with Crippen molar-refractivity contribution in [3.05, 3.63) is 0 Å². The molecule has 13 heavy (non-hydrogen) atoms. The molecule has 2 N–H and O–H groups in total. The number of carbonyl (C=O) groups is 1. The summed E-state index contributed by atoms with van der Waals surface area (Å²) in [6, 6.07) is 0. The predicted molar refractivity (Wildman–Crippen MR) is 48.1 cm³/mol. The van der Waals surface area contributed by atoms with Gasteiger partial charge in [-0.1, -0.05) is 0 Å². The second-order valence-electron chi connectivity index (χ2n) is 4.19. The molecule has 2 aliphatic rings. The SMILES string of the molecule is COCC(=O)N1CC(N)(C2CC2)C1. The molecule has 0 aromatic heterocycles. The van der Waals surface area contributed by atoms with Crippen molar-refractivity contribution in [3.8, 4) is 0 Å². The van der Waals surface area contributed by atoms with Crippen LogP contribution < -0.4 is 5.73 Å². The van der Waals surface area contributed by atoms with Gasteiger partial charge in [-0.15, -0.1) is 0 Å². The summed E-state index contributed by atoms with van der Waals surface area (Å²) in [6.45, 7) is 1.63. The van der Waals surface area contributed by atoms with Crippen molar-refractivity contribution in [2.24, 2.45) is 11.7 Å². The Bertz CT molecular complexity index is 220. The van der Waals surface area contributed by atoms with Gasteiger partial charge in [-0.05, 0) is 18.8 Å². The summed E-state index contributed by atoms with van der Waals surface area (Å²) in [4.78, 5) is 13.1. The molecule has 1 saturated heterocycles. The molecule has 0 spiro atoms. The van der Waals surface area contributed by atoms with Gasteiger partial charge in [-0.2, -0.15) is 0 Å². The van der Waals surface area contributed by atoms with Crippen molar-refractivity contribution in [2.75, 3.05) is 26.8 Å². The molecule has 0 unspecified atom stereocenters. The zero-order chi connectivity index (χ0) is 9.47. The highest BCUT2D eigenvalue weighted by Gasteiger charge is 2.51. The summed E-state index contributed by atoms with van der Waals surface area (Å²) in [7, 11) is 1.54. The van der Waals surface area contributed by atoms with E-state index >= 15 is 0 Å². The summed E-state index contributed by atoms with van der Waals surface area (Å²) < 4.78 is 4.77. The Labute approximate surface area is 78.0 Å². The Balaban J connectivity index is 1.79. The molecule has 0 bridgehead atoms. The van der Waals surface area contributed by atoms with Crippen molar-refractivity contribution in [2.45, 2.75) is 18.4 Å². The average molecular weight is 184 g/mol. The molecule has 1 amide bonds. The number of hydrogen-bond donors (Lipinski definition) is 1. The molecule has 2 fully saturated rings. The minimum absolute atomic E-state index is 0.0595. The summed E-state index contributed by atoms with van der Waals surface area (Å²) in [6.07, 6.45) is 2.48. The quantitative estimate of drug-likeness (QED) is 0.648. The van der Waals surface area contributed by atoms with Crippen LogP contribution in [0.3, 0.4) is 0 Å². The monoisotopic (exact) mass is 184 g/mol. The van der Waals surface area contributed by atoms with E-state index in [-0.39, 0.29) is 18.1 Å². The number of nitrogens with two attached hydrogens (primary N) is 1. The van der Waals surface area contributed by atoms with Gasteiger partial charge in [-0.25, -0.2) is 0 Å². The van der Waals surface area contributed by atoms with Crippen LogP contribution in [0.2, 0.25) is 0 Å². The Kier molecular flexibility index (Phi) is 2.04. The van der Waals surface area contributed by atoms with Gasteiger partial charge in [0, 0.05) is 20.2 Å². The first kappa shape index (κ1) is 8.97. The molecule has 4 heteroatoms. The second kappa shape index (κ2) is 2.96. The first-order chi connectivity index (χ1) is 6.15. The lowest BCUT2D eigenvalue weighted by Crippen LogP contribution is -2.70. The highest BCUT2D eigenvalue weighted by Crippen LogP contribution is 2.42. The molecular weight excluding hydrogens is 168 g/mol. The smallest absolute Gasteiger partial charge is 0.248 e. The molecule has 1 heterocycles. The molecule has 0 aromatic rings. The molecule has 0 aromatic carbocycles. The van der Waals surface area contributed by atoms with E-state index in [1.54, 1.807) is 4.90 Å². The fourth-order valence-corrected chi connectivity index (χ4v) is 1.97. The number of rotatable bonds is 3. The van der Waals surface area contributed by atoms with E-state index in [0.717, 1.165) is 13.1 Å². The number of hydrogen-bond acceptors (Lipinski definition) is 3. The van der Waals surface area contributed by atoms with E-state index in [0.29, 0.717) is 5.92 Å². The van der Waals surface area contributed by atoms with Gasteiger partial charge in [0.25, 0.3) is 0 Å². The number of carbonyl (C=O) groups excluding carboxylic acids is 1. The van der Waals surface area contributed by atoms with Gasteiger partial charge in [0.1, 0.15) is 6.61 Å². The van der Waals surface area contributed by atoms with E-state index < -0.39 is 0 Å². The van der Waals surface area contributed by atoms with Crippen molar-refractivity contribution in [3.63, 3.8) is 0 Å². The molecule has 1 saturated carbocycles. The third-order valence-electron chi connectivity index (χ3n) is 2.98. The van der Waals surface area contributed by atoms with Crippen LogP contribution in [0.5, 0.6) is 0 Å². The zero-order valence-electron chi connectivity index (χ0n) is 7.95. The lowest BCUT2D eigenvalue weighted by Gasteiger charge is -2.48. The van der Waals surface area contributed by atoms with E-state index in [4.69, 9.17) is 10.5 Å². The van der Waals surface area contributed by atoms with Gasteiger partial charge in [0.05, 0.1) is 5.54 Å². The maximum Gasteiger partial charge on any atom is 0.248 e. The normalized spacial score (nSPS) is 25.5. The minimum atomic E-state index is -0.0661. The third kappa shape index (κ3) is 1.56. The number of amides is 1. The molecule has 4 nitrogen and oxygen atoms in total. The van der Waals surface area contributed by atoms with Crippen LogP contribution in [-0.4, -0.2) is 43.2 Å². The van der Waals surface area contributed by atoms with E-state index in [1.165, 1.54) is 20.0 Å². The minimum Gasteiger partial charge on any atom is -0.375 e. The largest absolute Gasteiger partial charge is 0.375 e. The van der Waals surface area contributed by atoms with Crippen LogP contribution >= 0.6 is 0 Å². The first-order valence-electron chi connectivity index (χ1n) is 4.71. The lowest BCUT2D eigenvalue weighted by molar-refractivity contribution is -0.143. The number of nitrogens with zero attached hydrogens (tertiary/aromatic N) is 1. The fraction of sp³-hybridized carbons (Fsp3) is 0.889. The van der Waals surface area contributed by atoms with E-state index in [1.807, 2.05) is 0 Å². The van der Waals surface area contributed by atoms with Crippen LogP contribution in [0.25, 0.3) is 0 Å². The van der Waals surface area contributed by atoms with Crippen molar-refractivity contribution >= 4 is 5.91 Å². The second-order valence-corrected chi connectivity index (χ2v) is 4.19. The number of methoxy groups -OCH3 is 1. The van der Waals surface area contributed by atoms with Gasteiger partial charge in [0.15, 0.2) is 0 Å². The highest BCUT2D eigenvalue weighted by molar-refractivity contribution is 5.78. The Hall–Kier alpha value is -0.610. The van der Waals surface area contributed by atoms with Crippen molar-refractivity contribution in [1.29, 1.82) is 0 Å². The van der Waals surface area contributed by atoms with Gasteiger partial charge in [0.2, 0.25) is 5.91 Å². The summed E-state index contributed by atoms with van der Waals surface area (Å²) in [5.74, 6) is 0.725. The predicted octanol–water partition coefficient (Wildman–Crippen LogP) is -0.417. The van der Waals surface area contributed by atoms with Crippen LogP contribution in [0.1, 0.15) is 12.8 Å². The standard InChI is InChI=1S/C9H16N2O2/c1-13-4-8(12)11-5-9(10,6-11)7-2-3-7/h7H,2-6,10H2,1H3. The number of ether oxygens (including phenoxy) is 1. The average Bonchev–Trinajstić information content (AvgIpc) is 2.81. The number of likely N-dealkylation sites (tertiary alicyclic amines) is 1. The van der Waals surface area contributed by atoms with Gasteiger partial charge < -0.3 is 15.4 Å². The van der Waals surface area contributed by atoms with Gasteiger partial charge in [-0.3, -0.25) is 4.79 Å². The maximum atomic E-state index is 11.3. The molecule has 1 aliphatic carbocycles. The molecule has 1 aliphatic heterocycles. The van der Waals surface area contributed by atoms with Gasteiger partial charge >= 0.3 is 0 Å². The topological polar surface area (TPSA) is 55.6 Å². The molecule has 0 atom stereocenters. The molecule has 0 radical (unpaired) electrons. The fourth-order valence-electron chi connectivity index (χ4n) is 1.97. The van der Waals surface area contributed by atoms with Crippen LogP contribution in [0.4, 0.5) is 0 Å². The van der Waals surface area contributed by atoms with E-state index in [9.17, 15) is 4.79 Å². The summed E-state index contributed by atoms with van der Waals surface area (Å²) >= 11 is 0. The first-order valence-corrected chi connectivity index (χ1v) is 4.71. The Morgan fingerprint density at radius 2 is 2.23 bits per heavy atom. The third-order valence-corrected chi connectivity index (χ3v) is 2.98. The summed E-state index contributed by atoms with van der Waals surface area (Å²) in [5.41, 5.74) is 6.03. The van der Waals surface area contributed by atoms with Crippen LogP contribution in [-0.2, 0) is 9.53 Å². The van der Waals surface area contributed by atoms with Crippen molar-refractivity contribution in [1.82, 2.24) is 4.90 Å². The lowest BCUT2D eigenvalue weighted by atomic mass is 9.86. The van der Waals surface area contributed by atoms with Crippen LogP contribution in [0, 0.1) is 5.92 Å². The molecular formula is C9H16N2O2. The van der Waals surface area contributed by atoms with Crippen LogP contribution in [0.15, 0.2) is 0 Å². The Morgan fingerprint density at radius 3 is 2.69 bits per heavy atom. The maximum absolute atomic E-state index is 11.3. The van der Waals surface area contributed by atoms with Crippen molar-refractivity contribution < 1.29 is 9.53 Å². The van der Waals surface area contributed by atoms with E-state index in [2.05, 4.69) is 0 Å². The zero-order valence-corrected chi connectivity index (χ0v) is 7.95. The highest BCUT2D eigenvalue weighted by atomic mass is 16.5. The molecule has 74 valence electrons. The Morgan fingerprint density at radius 1 is 1.62 bits per heavy atom.